The Bertz CT molecular complexity index is 781. The Kier molecular flexibility index (Phi) is 4.20. The Labute approximate surface area is 134 Å². The summed E-state index contributed by atoms with van der Waals surface area (Å²) < 4.78 is 5.47. The summed E-state index contributed by atoms with van der Waals surface area (Å²) in [7, 11) is 4.04. The summed E-state index contributed by atoms with van der Waals surface area (Å²) >= 11 is 1.51. The average molecular weight is 313 g/mol. The Morgan fingerprint density at radius 3 is 2.91 bits per heavy atom. The van der Waals surface area contributed by atoms with Crippen LogP contribution in [-0.2, 0) is 6.54 Å². The van der Waals surface area contributed by atoms with Gasteiger partial charge in [0, 0.05) is 50.4 Å². The molecular formula is C16H19N5S. The first-order chi connectivity index (χ1) is 10.7. The molecule has 0 aliphatic carbocycles. The fourth-order valence-corrected chi connectivity index (χ4v) is 3.00. The van der Waals surface area contributed by atoms with E-state index in [0.717, 1.165) is 34.0 Å². The van der Waals surface area contributed by atoms with Gasteiger partial charge in [-0.1, -0.05) is 12.1 Å². The third kappa shape index (κ3) is 2.87. The number of aryl methyl sites for hydroxylation is 1. The zero-order valence-corrected chi connectivity index (χ0v) is 13.8. The van der Waals surface area contributed by atoms with Gasteiger partial charge in [-0.2, -0.15) is 0 Å². The van der Waals surface area contributed by atoms with Crippen LogP contribution in [0.4, 0.5) is 11.4 Å². The third-order valence-corrected chi connectivity index (χ3v) is 4.33. The maximum atomic E-state index is 4.60. The molecule has 0 aliphatic heterocycles. The quantitative estimate of drug-likeness (QED) is 0.729. The van der Waals surface area contributed by atoms with Crippen molar-refractivity contribution in [1.82, 2.24) is 14.5 Å². The van der Waals surface area contributed by atoms with Crippen LogP contribution in [0.5, 0.6) is 0 Å². The predicted octanol–water partition coefficient (Wildman–Crippen LogP) is 3.64. The number of hydrogen-bond donors (Lipinski definition) is 1. The van der Waals surface area contributed by atoms with Gasteiger partial charge < -0.3 is 14.2 Å². The van der Waals surface area contributed by atoms with Crippen molar-refractivity contribution < 1.29 is 0 Å². The summed E-state index contributed by atoms with van der Waals surface area (Å²) in [6, 6.07) is 8.30. The number of rotatable bonds is 5. The Hall–Kier alpha value is -2.21. The molecule has 1 N–H and O–H groups in total. The molecule has 0 fully saturated rings. The molecule has 1 aromatic carbocycles. The molecule has 3 rings (SSSR count). The maximum absolute atomic E-state index is 4.60. The van der Waals surface area contributed by atoms with Crippen molar-refractivity contribution in [3.8, 4) is 0 Å². The van der Waals surface area contributed by atoms with Crippen LogP contribution >= 0.6 is 11.9 Å². The van der Waals surface area contributed by atoms with Crippen molar-refractivity contribution in [1.29, 1.82) is 0 Å². The largest absolute Gasteiger partial charge is 0.376 e. The molecule has 0 unspecified atom stereocenters. The molecule has 0 saturated carbocycles. The molecule has 114 valence electrons. The van der Waals surface area contributed by atoms with E-state index in [0.29, 0.717) is 0 Å². The Balaban J connectivity index is 1.87. The molecule has 0 spiro atoms. The van der Waals surface area contributed by atoms with Gasteiger partial charge in [0.25, 0.3) is 0 Å². The van der Waals surface area contributed by atoms with E-state index in [9.17, 15) is 0 Å². The molecule has 5 nitrogen and oxygen atoms in total. The maximum Gasteiger partial charge on any atom is 0.188 e. The number of hydrogen-bond acceptors (Lipinski definition) is 5. The zero-order chi connectivity index (χ0) is 15.5. The molecule has 2 aromatic heterocycles. The van der Waals surface area contributed by atoms with Gasteiger partial charge in [-0.25, -0.2) is 4.98 Å². The molecule has 0 bridgehead atoms. The summed E-state index contributed by atoms with van der Waals surface area (Å²) in [6.07, 6.45) is 5.69. The number of nitrogens with zero attached hydrogens (tertiary/aromatic N) is 4. The summed E-state index contributed by atoms with van der Waals surface area (Å²) in [5.74, 6) is 0. The number of benzene rings is 1. The normalized spacial score (nSPS) is 10.9. The second-order valence-electron chi connectivity index (χ2n) is 5.17. The number of fused-ring (bicyclic) bond motifs is 1. The van der Waals surface area contributed by atoms with E-state index in [4.69, 9.17) is 0 Å². The lowest BCUT2D eigenvalue weighted by molar-refractivity contribution is 0.682. The topological polar surface area (TPSA) is 46.0 Å². The lowest BCUT2D eigenvalue weighted by Gasteiger charge is -2.14. The van der Waals surface area contributed by atoms with Crippen molar-refractivity contribution in [3.05, 3.63) is 42.9 Å². The van der Waals surface area contributed by atoms with Crippen molar-refractivity contribution in [3.63, 3.8) is 0 Å². The number of nitrogens with one attached hydrogen (secondary N) is 1. The van der Waals surface area contributed by atoms with Crippen LogP contribution in [-0.4, -0.2) is 28.6 Å². The van der Waals surface area contributed by atoms with Crippen molar-refractivity contribution in [2.45, 2.75) is 18.6 Å². The van der Waals surface area contributed by atoms with Crippen LogP contribution in [0, 0.1) is 0 Å². The fraction of sp³-hybridized carbons (Fsp3) is 0.250. The van der Waals surface area contributed by atoms with Crippen LogP contribution in [0.1, 0.15) is 6.92 Å². The number of pyridine rings is 1. The van der Waals surface area contributed by atoms with Crippen molar-refractivity contribution in [2.75, 3.05) is 23.7 Å². The van der Waals surface area contributed by atoms with Gasteiger partial charge in [0.15, 0.2) is 5.16 Å². The minimum absolute atomic E-state index is 0.907. The number of anilines is 2. The van der Waals surface area contributed by atoms with Gasteiger partial charge >= 0.3 is 0 Å². The minimum atomic E-state index is 0.907. The number of para-hydroxylation sites is 1. The van der Waals surface area contributed by atoms with Crippen LogP contribution in [0.15, 0.2) is 48.0 Å². The Morgan fingerprint density at radius 1 is 1.27 bits per heavy atom. The fourth-order valence-electron chi connectivity index (χ4n) is 2.22. The summed E-state index contributed by atoms with van der Waals surface area (Å²) in [6.45, 7) is 3.01. The van der Waals surface area contributed by atoms with Gasteiger partial charge in [-0.15, -0.1) is 0 Å². The number of imidazole rings is 1. The van der Waals surface area contributed by atoms with Crippen molar-refractivity contribution in [2.24, 2.45) is 0 Å². The van der Waals surface area contributed by atoms with E-state index in [1.807, 2.05) is 44.8 Å². The third-order valence-electron chi connectivity index (χ3n) is 3.48. The van der Waals surface area contributed by atoms with E-state index < -0.39 is 0 Å². The highest BCUT2D eigenvalue weighted by atomic mass is 32.2. The number of aromatic nitrogens is 3. The standard InChI is InChI=1S/C16H19N5S/c1-4-21-9-8-17-16(21)22-19-14-7-5-6-12-10-13(20(2)3)11-18-15(12)14/h5-11,19H,4H2,1-3H3. The highest BCUT2D eigenvalue weighted by Crippen LogP contribution is 2.28. The van der Waals surface area contributed by atoms with E-state index in [1.54, 1.807) is 0 Å². The summed E-state index contributed by atoms with van der Waals surface area (Å²) in [5, 5.41) is 2.07. The minimum Gasteiger partial charge on any atom is -0.376 e. The van der Waals surface area contributed by atoms with Crippen LogP contribution in [0.2, 0.25) is 0 Å². The average Bonchev–Trinajstić information content (AvgIpc) is 2.99. The lowest BCUT2D eigenvalue weighted by Crippen LogP contribution is -2.08. The molecule has 22 heavy (non-hydrogen) atoms. The van der Waals surface area contributed by atoms with E-state index in [-0.39, 0.29) is 0 Å². The summed E-state index contributed by atoms with van der Waals surface area (Å²) in [5.41, 5.74) is 3.06. The van der Waals surface area contributed by atoms with E-state index in [2.05, 4.69) is 43.2 Å². The molecule has 0 radical (unpaired) electrons. The van der Waals surface area contributed by atoms with E-state index >= 15 is 0 Å². The van der Waals surface area contributed by atoms with Gasteiger partial charge in [-0.05, 0) is 19.1 Å². The molecular weight excluding hydrogens is 294 g/mol. The first kappa shape index (κ1) is 14.7. The second-order valence-corrected chi connectivity index (χ2v) is 5.94. The smallest absolute Gasteiger partial charge is 0.188 e. The molecule has 0 aliphatic rings. The predicted molar refractivity (Wildman–Crippen MR) is 93.5 cm³/mol. The first-order valence-corrected chi connectivity index (χ1v) is 8.00. The molecule has 0 atom stereocenters. The van der Waals surface area contributed by atoms with Crippen LogP contribution < -0.4 is 9.62 Å². The zero-order valence-electron chi connectivity index (χ0n) is 12.9. The van der Waals surface area contributed by atoms with Gasteiger partial charge in [0.05, 0.1) is 23.1 Å². The highest BCUT2D eigenvalue weighted by molar-refractivity contribution is 8.00. The van der Waals surface area contributed by atoms with Gasteiger partial charge in [0.1, 0.15) is 0 Å². The van der Waals surface area contributed by atoms with Gasteiger partial charge in [0.2, 0.25) is 0 Å². The van der Waals surface area contributed by atoms with Crippen molar-refractivity contribution >= 4 is 34.2 Å². The monoisotopic (exact) mass is 313 g/mol. The van der Waals surface area contributed by atoms with Crippen LogP contribution in [0.3, 0.4) is 0 Å². The molecule has 0 amide bonds. The van der Waals surface area contributed by atoms with E-state index in [1.165, 1.54) is 11.9 Å². The molecule has 0 saturated heterocycles. The molecule has 2 heterocycles. The molecule has 6 heteroatoms. The first-order valence-electron chi connectivity index (χ1n) is 7.19. The SMILES string of the molecule is CCn1ccnc1SNc1cccc2cc(N(C)C)cnc12. The highest BCUT2D eigenvalue weighted by Gasteiger charge is 2.07. The van der Waals surface area contributed by atoms with Crippen LogP contribution in [0.25, 0.3) is 10.9 Å². The van der Waals surface area contributed by atoms with Gasteiger partial charge in [-0.3, -0.25) is 4.98 Å². The summed E-state index contributed by atoms with van der Waals surface area (Å²) in [4.78, 5) is 11.0. The lowest BCUT2D eigenvalue weighted by atomic mass is 10.2. The molecule has 3 aromatic rings. The Morgan fingerprint density at radius 2 is 2.14 bits per heavy atom. The second kappa shape index (κ2) is 6.27.